The third kappa shape index (κ3) is 3.74. The van der Waals surface area contributed by atoms with Crippen molar-refractivity contribution in [3.8, 4) is 21.7 Å². The van der Waals surface area contributed by atoms with Crippen LogP contribution in [0.3, 0.4) is 0 Å². The normalized spacial score (nSPS) is 15.5. The number of carbonyl (C=O) groups excluding carboxylic acids is 1. The van der Waals surface area contributed by atoms with E-state index >= 15 is 0 Å². The highest BCUT2D eigenvalue weighted by Gasteiger charge is 2.40. The minimum Gasteiger partial charge on any atom is -0.383 e. The van der Waals surface area contributed by atoms with Crippen molar-refractivity contribution in [3.05, 3.63) is 66.4 Å². The Bertz CT molecular complexity index is 1270. The van der Waals surface area contributed by atoms with Crippen LogP contribution in [0, 0.1) is 0 Å². The fraction of sp³-hybridized carbons (Fsp3) is 0.174. The average molecular weight is 436 g/mol. The van der Waals surface area contributed by atoms with Gasteiger partial charge in [0.2, 0.25) is 0 Å². The molecule has 4 aromatic rings. The lowest BCUT2D eigenvalue weighted by molar-refractivity contribution is 0.0120. The van der Waals surface area contributed by atoms with E-state index in [-0.39, 0.29) is 13.0 Å². The Labute approximate surface area is 181 Å². The van der Waals surface area contributed by atoms with Gasteiger partial charge in [-0.15, -0.1) is 11.3 Å². The van der Waals surface area contributed by atoms with E-state index in [0.29, 0.717) is 11.4 Å². The number of nitrogens with zero attached hydrogens (tertiary/aromatic N) is 3. The Morgan fingerprint density at radius 2 is 1.94 bits per heavy atom. The number of nitrogens with two attached hydrogens (primary N) is 1. The predicted octanol–water partition coefficient (Wildman–Crippen LogP) is 5.09. The molecule has 2 aromatic heterocycles. The number of hydrogen-bond acceptors (Lipinski definition) is 5. The van der Waals surface area contributed by atoms with Gasteiger partial charge in [-0.1, -0.05) is 24.3 Å². The first-order chi connectivity index (χ1) is 14.9. The second-order valence-electron chi connectivity index (χ2n) is 7.56. The van der Waals surface area contributed by atoms with Gasteiger partial charge in [-0.25, -0.2) is 18.7 Å². The highest BCUT2D eigenvalue weighted by Crippen LogP contribution is 2.35. The maximum atomic E-state index is 13.5. The largest absolute Gasteiger partial charge is 0.383 e. The average Bonchev–Trinajstić information content (AvgIpc) is 3.36. The van der Waals surface area contributed by atoms with E-state index < -0.39 is 18.4 Å². The zero-order chi connectivity index (χ0) is 21.6. The van der Waals surface area contributed by atoms with E-state index in [2.05, 4.69) is 9.97 Å². The van der Waals surface area contributed by atoms with Crippen molar-refractivity contribution in [2.24, 2.45) is 0 Å². The number of thiazole rings is 1. The Balaban J connectivity index is 1.49. The molecule has 1 saturated heterocycles. The molecule has 0 radical (unpaired) electrons. The zero-order valence-electron chi connectivity index (χ0n) is 16.4. The summed E-state index contributed by atoms with van der Waals surface area (Å²) in [5.41, 5.74) is 9.63. The van der Waals surface area contributed by atoms with Crippen molar-refractivity contribution < 1.29 is 13.6 Å². The van der Waals surface area contributed by atoms with Crippen LogP contribution in [0.1, 0.15) is 16.8 Å². The fourth-order valence-corrected chi connectivity index (χ4v) is 4.71. The minimum atomic E-state index is -2.82. The van der Waals surface area contributed by atoms with Gasteiger partial charge in [-0.2, -0.15) is 0 Å². The number of aromatic nitrogens is 2. The molecule has 2 aromatic carbocycles. The monoisotopic (exact) mass is 436 g/mol. The van der Waals surface area contributed by atoms with Crippen LogP contribution in [0.5, 0.6) is 0 Å². The second kappa shape index (κ2) is 7.39. The molecule has 0 bridgehead atoms. The number of anilines is 1. The summed E-state index contributed by atoms with van der Waals surface area (Å²) in [6.45, 7) is -0.484. The molecule has 1 aliphatic heterocycles. The van der Waals surface area contributed by atoms with Gasteiger partial charge in [0.25, 0.3) is 11.8 Å². The van der Waals surface area contributed by atoms with Crippen LogP contribution < -0.4 is 5.73 Å². The van der Waals surface area contributed by atoms with Gasteiger partial charge in [-0.05, 0) is 35.9 Å². The fourth-order valence-electron chi connectivity index (χ4n) is 3.72. The highest BCUT2D eigenvalue weighted by molar-refractivity contribution is 7.21. The van der Waals surface area contributed by atoms with Crippen molar-refractivity contribution in [2.75, 3.05) is 18.8 Å². The topological polar surface area (TPSA) is 72.1 Å². The zero-order valence-corrected chi connectivity index (χ0v) is 17.2. The molecule has 0 aliphatic carbocycles. The van der Waals surface area contributed by atoms with Crippen LogP contribution >= 0.6 is 11.3 Å². The molecule has 5 rings (SSSR count). The molecule has 5 nitrogen and oxygen atoms in total. The number of benzene rings is 2. The van der Waals surface area contributed by atoms with Gasteiger partial charge >= 0.3 is 0 Å². The number of rotatable bonds is 3. The molecule has 8 heteroatoms. The lowest BCUT2D eigenvalue weighted by Gasteiger charge is -2.16. The number of alkyl halides is 2. The van der Waals surface area contributed by atoms with Crippen LogP contribution in [0.2, 0.25) is 0 Å². The van der Waals surface area contributed by atoms with Crippen LogP contribution in [-0.4, -0.2) is 39.8 Å². The van der Waals surface area contributed by atoms with Crippen molar-refractivity contribution in [1.82, 2.24) is 14.9 Å². The summed E-state index contributed by atoms with van der Waals surface area (Å²) in [7, 11) is 0. The molecular weight excluding hydrogens is 418 g/mol. The summed E-state index contributed by atoms with van der Waals surface area (Å²) >= 11 is 1.53. The van der Waals surface area contributed by atoms with Crippen LogP contribution in [0.4, 0.5) is 14.6 Å². The SMILES string of the molecule is Nc1ncc(-c2cccc(C(=O)N3CCC(F)(F)C3)c2)cc1-c1nc2ccccc2s1. The standard InChI is InChI=1S/C23H18F2N4OS/c24-23(25)8-9-29(13-23)22(30)15-5-3-4-14(10-15)16-11-17(20(26)27-12-16)21-28-18-6-1-2-7-19(18)31-21/h1-7,10-12H,8-9,13H2,(H2,26,27). The summed E-state index contributed by atoms with van der Waals surface area (Å²) in [5, 5.41) is 0.763. The van der Waals surface area contributed by atoms with Gasteiger partial charge in [0.15, 0.2) is 0 Å². The predicted molar refractivity (Wildman–Crippen MR) is 118 cm³/mol. The first-order valence-corrected chi connectivity index (χ1v) is 10.6. The Hall–Kier alpha value is -3.39. The Morgan fingerprint density at radius 3 is 2.71 bits per heavy atom. The molecule has 156 valence electrons. The molecule has 1 aliphatic rings. The smallest absolute Gasteiger partial charge is 0.267 e. The first-order valence-electron chi connectivity index (χ1n) is 9.79. The van der Waals surface area contributed by atoms with Gasteiger partial charge < -0.3 is 10.6 Å². The molecule has 3 heterocycles. The summed E-state index contributed by atoms with van der Waals surface area (Å²) in [6, 6.07) is 16.7. The molecular formula is C23H18F2N4OS. The highest BCUT2D eigenvalue weighted by atomic mass is 32.1. The van der Waals surface area contributed by atoms with Gasteiger partial charge in [0.1, 0.15) is 10.8 Å². The number of likely N-dealkylation sites (tertiary alicyclic amines) is 1. The molecule has 0 saturated carbocycles. The molecule has 2 N–H and O–H groups in total. The Morgan fingerprint density at radius 1 is 1.10 bits per heavy atom. The van der Waals surface area contributed by atoms with E-state index in [9.17, 15) is 13.6 Å². The molecule has 0 atom stereocenters. The van der Waals surface area contributed by atoms with E-state index in [1.165, 1.54) is 16.2 Å². The van der Waals surface area contributed by atoms with Crippen molar-refractivity contribution in [3.63, 3.8) is 0 Å². The van der Waals surface area contributed by atoms with E-state index in [1.807, 2.05) is 36.4 Å². The van der Waals surface area contributed by atoms with Gasteiger partial charge in [-0.3, -0.25) is 4.79 Å². The summed E-state index contributed by atoms with van der Waals surface area (Å²) in [5.74, 6) is -2.84. The third-order valence-corrected chi connectivity index (χ3v) is 6.41. The second-order valence-corrected chi connectivity index (χ2v) is 8.59. The number of para-hydroxylation sites is 1. The van der Waals surface area contributed by atoms with E-state index in [4.69, 9.17) is 5.73 Å². The minimum absolute atomic E-state index is 0.0568. The number of pyridine rings is 1. The maximum absolute atomic E-state index is 13.5. The molecule has 0 spiro atoms. The molecule has 1 fully saturated rings. The number of carbonyl (C=O) groups is 1. The summed E-state index contributed by atoms with van der Waals surface area (Å²) < 4.78 is 28.1. The van der Waals surface area contributed by atoms with Crippen LogP contribution in [0.15, 0.2) is 60.8 Å². The summed E-state index contributed by atoms with van der Waals surface area (Å²) in [6.07, 6.45) is 1.34. The number of halogens is 2. The van der Waals surface area contributed by atoms with E-state index in [0.717, 1.165) is 31.9 Å². The molecule has 0 unspecified atom stereocenters. The van der Waals surface area contributed by atoms with Crippen LogP contribution in [0.25, 0.3) is 31.9 Å². The molecule has 1 amide bonds. The van der Waals surface area contributed by atoms with Gasteiger partial charge in [0.05, 0.1) is 22.3 Å². The summed E-state index contributed by atoms with van der Waals surface area (Å²) in [4.78, 5) is 22.9. The van der Waals surface area contributed by atoms with Gasteiger partial charge in [0, 0.05) is 30.3 Å². The molecule has 31 heavy (non-hydrogen) atoms. The maximum Gasteiger partial charge on any atom is 0.267 e. The number of hydrogen-bond donors (Lipinski definition) is 1. The number of nitrogen functional groups attached to an aromatic ring is 1. The van der Waals surface area contributed by atoms with Crippen molar-refractivity contribution in [2.45, 2.75) is 12.3 Å². The van der Waals surface area contributed by atoms with Crippen LogP contribution in [-0.2, 0) is 0 Å². The number of fused-ring (bicyclic) bond motifs is 1. The number of amides is 1. The lowest BCUT2D eigenvalue weighted by atomic mass is 10.0. The lowest BCUT2D eigenvalue weighted by Crippen LogP contribution is -2.31. The third-order valence-electron chi connectivity index (χ3n) is 5.34. The Kier molecular flexibility index (Phi) is 4.66. The van der Waals surface area contributed by atoms with E-state index in [1.54, 1.807) is 24.4 Å². The first kappa shape index (κ1) is 19.6. The van der Waals surface area contributed by atoms with Crippen molar-refractivity contribution >= 4 is 33.3 Å². The van der Waals surface area contributed by atoms with Crippen molar-refractivity contribution in [1.29, 1.82) is 0 Å². The quantitative estimate of drug-likeness (QED) is 0.486.